The second-order valence-corrected chi connectivity index (χ2v) is 3.00. The van der Waals surface area contributed by atoms with E-state index in [9.17, 15) is 18.0 Å². The Labute approximate surface area is 86.7 Å². The van der Waals surface area contributed by atoms with Crippen LogP contribution in [0.1, 0.15) is 5.56 Å². The topological polar surface area (TPSA) is 58.9 Å². The molecule has 1 heterocycles. The molecule has 0 saturated heterocycles. The van der Waals surface area contributed by atoms with Gasteiger partial charge in [-0.1, -0.05) is 0 Å². The van der Waals surface area contributed by atoms with E-state index in [1.807, 2.05) is 5.16 Å². The zero-order valence-corrected chi connectivity index (χ0v) is 7.71. The van der Waals surface area contributed by atoms with Crippen LogP contribution in [-0.4, -0.2) is 10.1 Å². The Kier molecular flexibility index (Phi) is 2.30. The molecule has 0 bridgehead atoms. The van der Waals surface area contributed by atoms with Gasteiger partial charge >= 0.3 is 11.9 Å². The van der Waals surface area contributed by atoms with E-state index in [4.69, 9.17) is 0 Å². The number of rotatable bonds is 1. The monoisotopic (exact) mass is 230 g/mol. The van der Waals surface area contributed by atoms with E-state index in [0.29, 0.717) is 5.56 Å². The number of aromatic amines is 1. The largest absolute Gasteiger partial charge is 0.416 e. The maximum absolute atomic E-state index is 12.2. The van der Waals surface area contributed by atoms with Crippen LogP contribution in [0.2, 0.25) is 0 Å². The molecule has 0 aliphatic rings. The maximum Gasteiger partial charge on any atom is 0.416 e. The molecule has 2 aromatic rings. The Morgan fingerprint density at radius 3 is 2.25 bits per heavy atom. The fourth-order valence-electron chi connectivity index (χ4n) is 1.16. The lowest BCUT2D eigenvalue weighted by Crippen LogP contribution is -2.04. The van der Waals surface area contributed by atoms with Gasteiger partial charge in [0.2, 0.25) is 0 Å². The Bertz CT molecular complexity index is 539. The van der Waals surface area contributed by atoms with Crippen LogP contribution in [0.15, 0.2) is 33.6 Å². The molecule has 0 aliphatic carbocycles. The Hall–Kier alpha value is -2.05. The van der Waals surface area contributed by atoms with Gasteiger partial charge in [-0.15, -0.1) is 0 Å². The number of alkyl halides is 3. The van der Waals surface area contributed by atoms with Crippen molar-refractivity contribution in [3.05, 3.63) is 40.3 Å². The Balaban J connectivity index is 2.36. The highest BCUT2D eigenvalue weighted by atomic mass is 19.4. The van der Waals surface area contributed by atoms with Crippen LogP contribution in [0.4, 0.5) is 13.2 Å². The Morgan fingerprint density at radius 1 is 1.19 bits per heavy atom. The zero-order chi connectivity index (χ0) is 11.8. The van der Waals surface area contributed by atoms with Crippen molar-refractivity contribution in [3.63, 3.8) is 0 Å². The van der Waals surface area contributed by atoms with E-state index in [0.717, 1.165) is 12.1 Å². The van der Waals surface area contributed by atoms with Crippen molar-refractivity contribution >= 4 is 0 Å². The summed E-state index contributed by atoms with van der Waals surface area (Å²) in [6, 6.07) is 4.15. The number of hydrogen-bond acceptors (Lipinski definition) is 3. The van der Waals surface area contributed by atoms with Gasteiger partial charge in [-0.05, 0) is 24.3 Å². The lowest BCUT2D eigenvalue weighted by molar-refractivity contribution is -0.137. The SMILES string of the molecule is O=c1nc(-c2ccc(C(F)(F)F)cc2)o[nH]1. The van der Waals surface area contributed by atoms with E-state index < -0.39 is 17.4 Å². The molecule has 0 radical (unpaired) electrons. The minimum atomic E-state index is -4.38. The van der Waals surface area contributed by atoms with Gasteiger partial charge in [0, 0.05) is 5.56 Å². The average molecular weight is 230 g/mol. The molecule has 0 aliphatic heterocycles. The number of halogens is 3. The molecule has 0 unspecified atom stereocenters. The first kappa shape index (κ1) is 10.5. The molecule has 0 saturated carbocycles. The number of aromatic nitrogens is 2. The summed E-state index contributed by atoms with van der Waals surface area (Å²) < 4.78 is 41.3. The fraction of sp³-hybridized carbons (Fsp3) is 0.111. The van der Waals surface area contributed by atoms with Crippen molar-refractivity contribution in [3.8, 4) is 11.5 Å². The van der Waals surface area contributed by atoms with Crippen LogP contribution in [0.5, 0.6) is 0 Å². The fourth-order valence-corrected chi connectivity index (χ4v) is 1.16. The van der Waals surface area contributed by atoms with Crippen molar-refractivity contribution in [2.24, 2.45) is 0 Å². The third-order valence-corrected chi connectivity index (χ3v) is 1.90. The summed E-state index contributed by atoms with van der Waals surface area (Å²) in [5.74, 6) is -0.0428. The normalized spacial score (nSPS) is 11.7. The summed E-state index contributed by atoms with van der Waals surface area (Å²) in [7, 11) is 0. The Morgan fingerprint density at radius 2 is 1.81 bits per heavy atom. The van der Waals surface area contributed by atoms with Crippen LogP contribution in [-0.2, 0) is 6.18 Å². The minimum Gasteiger partial charge on any atom is -0.357 e. The summed E-state index contributed by atoms with van der Waals surface area (Å²) in [6.07, 6.45) is -4.38. The van der Waals surface area contributed by atoms with Crippen LogP contribution in [0.3, 0.4) is 0 Å². The molecule has 0 atom stereocenters. The van der Waals surface area contributed by atoms with Crippen LogP contribution in [0.25, 0.3) is 11.5 Å². The molecular formula is C9H5F3N2O2. The molecular weight excluding hydrogens is 225 g/mol. The molecule has 0 amide bonds. The van der Waals surface area contributed by atoms with E-state index in [-0.39, 0.29) is 5.89 Å². The van der Waals surface area contributed by atoms with Crippen molar-refractivity contribution < 1.29 is 17.7 Å². The maximum atomic E-state index is 12.2. The molecule has 0 fully saturated rings. The van der Waals surface area contributed by atoms with Gasteiger partial charge in [0.15, 0.2) is 0 Å². The minimum absolute atomic E-state index is 0.0428. The molecule has 16 heavy (non-hydrogen) atoms. The first-order chi connectivity index (χ1) is 7.47. The molecule has 1 aromatic carbocycles. The number of benzene rings is 1. The highest BCUT2D eigenvalue weighted by Crippen LogP contribution is 2.30. The lowest BCUT2D eigenvalue weighted by atomic mass is 10.1. The molecule has 7 heteroatoms. The average Bonchev–Trinajstić information content (AvgIpc) is 2.64. The predicted molar refractivity (Wildman–Crippen MR) is 47.6 cm³/mol. The molecule has 0 spiro atoms. The zero-order valence-electron chi connectivity index (χ0n) is 7.71. The molecule has 2 rings (SSSR count). The third kappa shape index (κ3) is 1.97. The van der Waals surface area contributed by atoms with Crippen LogP contribution in [0, 0.1) is 0 Å². The van der Waals surface area contributed by atoms with Crippen molar-refractivity contribution in [1.29, 1.82) is 0 Å². The van der Waals surface area contributed by atoms with E-state index in [2.05, 4.69) is 9.51 Å². The van der Waals surface area contributed by atoms with Gasteiger partial charge < -0.3 is 4.52 Å². The number of hydrogen-bond donors (Lipinski definition) is 1. The van der Waals surface area contributed by atoms with Gasteiger partial charge in [0.25, 0.3) is 5.89 Å². The van der Waals surface area contributed by atoms with Crippen LogP contribution < -0.4 is 5.69 Å². The molecule has 84 valence electrons. The molecule has 1 N–H and O–H groups in total. The van der Waals surface area contributed by atoms with Crippen LogP contribution >= 0.6 is 0 Å². The van der Waals surface area contributed by atoms with Gasteiger partial charge in [-0.3, -0.25) is 0 Å². The summed E-state index contributed by atoms with van der Waals surface area (Å²) in [6.45, 7) is 0. The van der Waals surface area contributed by atoms with Gasteiger partial charge in [-0.2, -0.15) is 23.3 Å². The van der Waals surface area contributed by atoms with E-state index in [1.165, 1.54) is 12.1 Å². The van der Waals surface area contributed by atoms with Gasteiger partial charge in [0.05, 0.1) is 5.56 Å². The summed E-state index contributed by atoms with van der Waals surface area (Å²) >= 11 is 0. The highest BCUT2D eigenvalue weighted by Gasteiger charge is 2.30. The molecule has 4 nitrogen and oxygen atoms in total. The summed E-state index contributed by atoms with van der Waals surface area (Å²) in [5.41, 5.74) is -1.16. The predicted octanol–water partition coefficient (Wildman–Crippen LogP) is 2.05. The number of nitrogens with one attached hydrogen (secondary N) is 1. The summed E-state index contributed by atoms with van der Waals surface area (Å²) in [5, 5.41) is 1.95. The first-order valence-electron chi connectivity index (χ1n) is 4.20. The van der Waals surface area contributed by atoms with Gasteiger partial charge in [0.1, 0.15) is 0 Å². The van der Waals surface area contributed by atoms with E-state index >= 15 is 0 Å². The van der Waals surface area contributed by atoms with Crippen molar-refractivity contribution in [1.82, 2.24) is 10.1 Å². The smallest absolute Gasteiger partial charge is 0.357 e. The third-order valence-electron chi connectivity index (χ3n) is 1.90. The standard InChI is InChI=1S/C9H5F3N2O2/c10-9(11,12)6-3-1-5(2-4-6)7-13-8(15)14-16-7/h1-4H,(H,14,15). The van der Waals surface area contributed by atoms with Crippen molar-refractivity contribution in [2.45, 2.75) is 6.18 Å². The summed E-state index contributed by atoms with van der Waals surface area (Å²) in [4.78, 5) is 14.1. The quantitative estimate of drug-likeness (QED) is 0.815. The molecule has 1 aromatic heterocycles. The lowest BCUT2D eigenvalue weighted by Gasteiger charge is -2.05. The highest BCUT2D eigenvalue weighted by molar-refractivity contribution is 5.53. The number of nitrogens with zero attached hydrogens (tertiary/aromatic N) is 1. The van der Waals surface area contributed by atoms with Gasteiger partial charge in [-0.25, -0.2) is 4.79 Å². The first-order valence-corrected chi connectivity index (χ1v) is 4.20. The van der Waals surface area contributed by atoms with E-state index in [1.54, 1.807) is 0 Å². The van der Waals surface area contributed by atoms with Crippen molar-refractivity contribution in [2.75, 3.05) is 0 Å². The second-order valence-electron chi connectivity index (χ2n) is 3.00. The second kappa shape index (κ2) is 3.51. The number of H-pyrrole nitrogens is 1.